The molecule has 1 heteroatoms. The quantitative estimate of drug-likeness (QED) is 0.663. The van der Waals surface area contributed by atoms with E-state index in [1.54, 1.807) is 0 Å². The van der Waals surface area contributed by atoms with Crippen molar-refractivity contribution >= 4 is 0 Å². The van der Waals surface area contributed by atoms with Crippen molar-refractivity contribution < 1.29 is 0 Å². The highest BCUT2D eigenvalue weighted by molar-refractivity contribution is 5.41. The first-order valence-corrected chi connectivity index (χ1v) is 5.28. The summed E-state index contributed by atoms with van der Waals surface area (Å²) in [6, 6.07) is 0. The summed E-state index contributed by atoms with van der Waals surface area (Å²) < 4.78 is 0. The summed E-state index contributed by atoms with van der Waals surface area (Å²) in [5.41, 5.74) is 4.08. The van der Waals surface area contributed by atoms with Crippen LogP contribution in [0.3, 0.4) is 0 Å². The maximum atomic E-state index is 4.18. The molecule has 0 spiro atoms. The second-order valence-electron chi connectivity index (χ2n) is 4.38. The fourth-order valence-corrected chi connectivity index (χ4v) is 1.83. The molecule has 0 amide bonds. The Labute approximate surface area is 87.8 Å². The number of hydrogen-bond acceptors (Lipinski definition) is 1. The Morgan fingerprint density at radius 1 is 1.50 bits per heavy atom. The molecule has 1 heterocycles. The minimum absolute atomic E-state index is 0.545. The third-order valence-corrected chi connectivity index (χ3v) is 2.90. The van der Waals surface area contributed by atoms with E-state index in [1.165, 1.54) is 16.7 Å². The molecule has 78 valence electrons. The Kier molecular flexibility index (Phi) is 3.70. The van der Waals surface area contributed by atoms with Gasteiger partial charge in [0.1, 0.15) is 0 Å². The van der Waals surface area contributed by atoms with Crippen LogP contribution >= 0.6 is 0 Å². The van der Waals surface area contributed by atoms with Crippen LogP contribution in [0.2, 0.25) is 0 Å². The molecule has 0 fully saturated rings. The van der Waals surface area contributed by atoms with Crippen molar-refractivity contribution in [2.75, 3.05) is 20.1 Å². The lowest BCUT2D eigenvalue weighted by atomic mass is 9.88. The molecule has 0 aromatic heterocycles. The molecule has 0 unspecified atom stereocenters. The fourth-order valence-electron chi connectivity index (χ4n) is 1.83. The molecular weight excluding hydrogens is 170 g/mol. The first-order valence-electron chi connectivity index (χ1n) is 5.28. The van der Waals surface area contributed by atoms with E-state index in [-0.39, 0.29) is 0 Å². The lowest BCUT2D eigenvalue weighted by molar-refractivity contribution is 0.351. The Balaban J connectivity index is 2.93. The van der Waals surface area contributed by atoms with Gasteiger partial charge in [0.2, 0.25) is 0 Å². The van der Waals surface area contributed by atoms with Gasteiger partial charge in [-0.3, -0.25) is 0 Å². The summed E-state index contributed by atoms with van der Waals surface area (Å²) >= 11 is 0. The Hall–Kier alpha value is -0.820. The third kappa shape index (κ3) is 2.36. The highest BCUT2D eigenvalue weighted by Crippen LogP contribution is 2.27. The predicted molar refractivity (Wildman–Crippen MR) is 63.3 cm³/mol. The molecule has 0 saturated carbocycles. The first-order chi connectivity index (χ1) is 6.56. The van der Waals surface area contributed by atoms with Crippen molar-refractivity contribution in [3.63, 3.8) is 0 Å². The Morgan fingerprint density at radius 3 is 2.64 bits per heavy atom. The summed E-state index contributed by atoms with van der Waals surface area (Å²) in [7, 11) is 2.15. The second kappa shape index (κ2) is 4.61. The lowest BCUT2D eigenvalue weighted by Gasteiger charge is -2.28. The van der Waals surface area contributed by atoms with Crippen LogP contribution in [0.1, 0.15) is 20.3 Å². The van der Waals surface area contributed by atoms with E-state index in [4.69, 9.17) is 0 Å². The average Bonchev–Trinajstić information content (AvgIpc) is 2.16. The third-order valence-electron chi connectivity index (χ3n) is 2.90. The van der Waals surface area contributed by atoms with Crippen LogP contribution in [-0.4, -0.2) is 25.0 Å². The van der Waals surface area contributed by atoms with E-state index in [9.17, 15) is 0 Å². The average molecular weight is 191 g/mol. The van der Waals surface area contributed by atoms with Crippen molar-refractivity contribution in [1.82, 2.24) is 4.90 Å². The van der Waals surface area contributed by atoms with Gasteiger partial charge in [-0.15, -0.1) is 0 Å². The topological polar surface area (TPSA) is 3.24 Å². The van der Waals surface area contributed by atoms with Gasteiger partial charge >= 0.3 is 0 Å². The molecule has 0 aromatic carbocycles. The van der Waals surface area contributed by atoms with Crippen LogP contribution in [-0.2, 0) is 0 Å². The molecule has 0 bridgehead atoms. The molecule has 0 saturated heterocycles. The largest absolute Gasteiger partial charge is 0.302 e. The van der Waals surface area contributed by atoms with E-state index in [0.29, 0.717) is 5.92 Å². The molecule has 1 aliphatic heterocycles. The van der Waals surface area contributed by atoms with Gasteiger partial charge in [-0.2, -0.15) is 0 Å². The molecule has 1 nitrogen and oxygen atoms in total. The van der Waals surface area contributed by atoms with Crippen LogP contribution in [0, 0.1) is 5.92 Å². The van der Waals surface area contributed by atoms with Gasteiger partial charge in [-0.25, -0.2) is 0 Å². The summed E-state index contributed by atoms with van der Waals surface area (Å²) in [4.78, 5) is 2.33. The minimum Gasteiger partial charge on any atom is -0.302 e. The van der Waals surface area contributed by atoms with Gasteiger partial charge in [0.05, 0.1) is 0 Å². The molecule has 1 aliphatic rings. The molecule has 14 heavy (non-hydrogen) atoms. The first kappa shape index (κ1) is 11.3. The minimum atomic E-state index is 0.545. The lowest BCUT2D eigenvalue weighted by Crippen LogP contribution is -2.28. The second-order valence-corrected chi connectivity index (χ2v) is 4.38. The predicted octanol–water partition coefficient (Wildman–Crippen LogP) is 3.02. The Morgan fingerprint density at radius 2 is 2.14 bits per heavy atom. The number of nitrogens with zero attached hydrogens (tertiary/aromatic N) is 1. The smallest absolute Gasteiger partial charge is 0.0233 e. The summed E-state index contributed by atoms with van der Waals surface area (Å²) in [6.45, 7) is 14.6. The highest BCUT2D eigenvalue weighted by Gasteiger charge is 2.17. The monoisotopic (exact) mass is 191 g/mol. The molecule has 0 N–H and O–H groups in total. The summed E-state index contributed by atoms with van der Waals surface area (Å²) in [5.74, 6) is 0.545. The van der Waals surface area contributed by atoms with Gasteiger partial charge in [-0.05, 0) is 36.1 Å². The van der Waals surface area contributed by atoms with Crippen molar-refractivity contribution in [3.8, 4) is 0 Å². The number of likely N-dealkylation sites (N-methyl/N-ethyl adjacent to an activating group) is 1. The standard InChI is InChI=1S/C13H21N/c1-6-12-9-14(5)8-7-13(12)11(4)10(2)3/h6,10H,1,4,7-9H2,2-3,5H3. The van der Waals surface area contributed by atoms with E-state index >= 15 is 0 Å². The number of hydrogen-bond donors (Lipinski definition) is 0. The van der Waals surface area contributed by atoms with Crippen molar-refractivity contribution in [3.05, 3.63) is 36.0 Å². The van der Waals surface area contributed by atoms with Gasteiger partial charge < -0.3 is 4.90 Å². The van der Waals surface area contributed by atoms with Gasteiger partial charge in [0.15, 0.2) is 0 Å². The van der Waals surface area contributed by atoms with Crippen molar-refractivity contribution in [1.29, 1.82) is 0 Å². The maximum absolute atomic E-state index is 4.18. The number of allylic oxidation sites excluding steroid dienone is 1. The molecule has 0 aromatic rings. The van der Waals surface area contributed by atoms with Crippen LogP contribution in [0.4, 0.5) is 0 Å². The SMILES string of the molecule is C=CC1=C(C(=C)C(C)C)CCN(C)C1. The molecule has 0 radical (unpaired) electrons. The van der Waals surface area contributed by atoms with Crippen LogP contribution in [0.5, 0.6) is 0 Å². The van der Waals surface area contributed by atoms with Crippen LogP contribution < -0.4 is 0 Å². The maximum Gasteiger partial charge on any atom is 0.0233 e. The molecule has 1 rings (SSSR count). The van der Waals surface area contributed by atoms with E-state index in [1.807, 2.05) is 6.08 Å². The van der Waals surface area contributed by atoms with E-state index < -0.39 is 0 Å². The zero-order chi connectivity index (χ0) is 10.7. The van der Waals surface area contributed by atoms with Crippen molar-refractivity contribution in [2.45, 2.75) is 20.3 Å². The molecule has 0 atom stereocenters. The van der Waals surface area contributed by atoms with Crippen molar-refractivity contribution in [2.24, 2.45) is 5.92 Å². The van der Waals surface area contributed by atoms with Gasteiger partial charge in [0, 0.05) is 13.1 Å². The Bertz CT molecular complexity index is 271. The van der Waals surface area contributed by atoms with Gasteiger partial charge in [0.25, 0.3) is 0 Å². The summed E-state index contributed by atoms with van der Waals surface area (Å²) in [5, 5.41) is 0. The van der Waals surface area contributed by atoms with E-state index in [0.717, 1.165) is 19.5 Å². The summed E-state index contributed by atoms with van der Waals surface area (Å²) in [6.07, 6.45) is 3.10. The molecular formula is C13H21N. The zero-order valence-electron chi connectivity index (χ0n) is 9.64. The molecule has 0 aliphatic carbocycles. The zero-order valence-corrected chi connectivity index (χ0v) is 9.64. The fraction of sp³-hybridized carbons (Fsp3) is 0.538. The van der Waals surface area contributed by atoms with Gasteiger partial charge in [-0.1, -0.05) is 33.1 Å². The van der Waals surface area contributed by atoms with E-state index in [2.05, 4.69) is 39.0 Å². The highest BCUT2D eigenvalue weighted by atomic mass is 15.1. The normalized spacial score (nSPS) is 18.9. The van der Waals surface area contributed by atoms with Crippen LogP contribution in [0.25, 0.3) is 0 Å². The van der Waals surface area contributed by atoms with Crippen LogP contribution in [0.15, 0.2) is 36.0 Å². The number of rotatable bonds is 3.